The molecule has 1 aromatic carbocycles. The smallest absolute Gasteiger partial charge is 0.313 e. The summed E-state index contributed by atoms with van der Waals surface area (Å²) in [5.74, 6) is -0.175. The number of hydrogen-bond donors (Lipinski definition) is 0. The zero-order chi connectivity index (χ0) is 15.6. The van der Waals surface area contributed by atoms with Gasteiger partial charge in [0, 0.05) is 30.4 Å². The summed E-state index contributed by atoms with van der Waals surface area (Å²) in [5.41, 5.74) is 1.14. The van der Waals surface area contributed by atoms with Crippen molar-refractivity contribution >= 4 is 17.3 Å². The van der Waals surface area contributed by atoms with Gasteiger partial charge in [0.25, 0.3) is 5.69 Å². The second-order valence-corrected chi connectivity index (χ2v) is 5.68. The van der Waals surface area contributed by atoms with Gasteiger partial charge >= 0.3 is 5.97 Å². The lowest BCUT2D eigenvalue weighted by Gasteiger charge is -2.23. The number of hydrogen-bond acceptors (Lipinski definition) is 5. The van der Waals surface area contributed by atoms with Crippen LogP contribution in [0, 0.1) is 22.5 Å². The van der Waals surface area contributed by atoms with Gasteiger partial charge in [-0.15, -0.1) is 0 Å². The van der Waals surface area contributed by atoms with Crippen LogP contribution < -0.4 is 4.90 Å². The predicted octanol–water partition coefficient (Wildman–Crippen LogP) is 2.68. The molecular weight excluding hydrogens is 272 g/mol. The number of anilines is 1. The molecule has 1 saturated heterocycles. The van der Waals surface area contributed by atoms with Crippen LogP contribution >= 0.6 is 0 Å². The topological polar surface area (TPSA) is 72.7 Å². The molecule has 0 amide bonds. The minimum absolute atomic E-state index is 0.117. The first-order chi connectivity index (χ1) is 9.87. The molecule has 0 bridgehead atoms. The molecular formula is C15H20N2O4. The quantitative estimate of drug-likeness (QED) is 0.484. The van der Waals surface area contributed by atoms with Gasteiger partial charge in [-0.3, -0.25) is 14.9 Å². The van der Waals surface area contributed by atoms with Gasteiger partial charge in [0.2, 0.25) is 0 Å². The molecule has 1 atom stereocenters. The zero-order valence-electron chi connectivity index (χ0n) is 12.6. The number of carbonyl (C=O) groups excluding carboxylic acids is 1. The SMILES string of the molecule is CCOC(=O)C1(C)CCN(c2ccc([N+](=O)[O-])c(C)c2)C1. The van der Waals surface area contributed by atoms with Gasteiger partial charge in [0.1, 0.15) is 0 Å². The summed E-state index contributed by atoms with van der Waals surface area (Å²) >= 11 is 0. The Morgan fingerprint density at radius 2 is 2.24 bits per heavy atom. The van der Waals surface area contributed by atoms with Crippen LogP contribution in [0.2, 0.25) is 0 Å². The van der Waals surface area contributed by atoms with Crippen molar-refractivity contribution in [3.63, 3.8) is 0 Å². The van der Waals surface area contributed by atoms with Crippen LogP contribution in [0.3, 0.4) is 0 Å². The number of nitro groups is 1. The first-order valence-electron chi connectivity index (χ1n) is 7.04. The zero-order valence-corrected chi connectivity index (χ0v) is 12.6. The molecule has 114 valence electrons. The maximum atomic E-state index is 12.0. The van der Waals surface area contributed by atoms with Gasteiger partial charge in [-0.05, 0) is 39.3 Å². The second-order valence-electron chi connectivity index (χ2n) is 5.68. The number of nitrogens with zero attached hydrogens (tertiary/aromatic N) is 2. The summed E-state index contributed by atoms with van der Waals surface area (Å²) in [7, 11) is 0. The number of aryl methyl sites for hydroxylation is 1. The standard InChI is InChI=1S/C15H20N2O4/c1-4-21-14(18)15(3)7-8-16(10-15)12-5-6-13(17(19)20)11(2)9-12/h5-6,9H,4,7-8,10H2,1-3H3. The normalized spacial score (nSPS) is 21.4. The second kappa shape index (κ2) is 5.71. The summed E-state index contributed by atoms with van der Waals surface area (Å²) in [6.45, 7) is 7.12. The van der Waals surface area contributed by atoms with E-state index in [1.165, 1.54) is 6.07 Å². The Morgan fingerprint density at radius 3 is 2.81 bits per heavy atom. The Hall–Kier alpha value is -2.11. The van der Waals surface area contributed by atoms with Crippen molar-refractivity contribution < 1.29 is 14.5 Å². The molecule has 1 aliphatic rings. The Bertz CT molecular complexity index is 573. The van der Waals surface area contributed by atoms with Gasteiger partial charge in [-0.2, -0.15) is 0 Å². The van der Waals surface area contributed by atoms with E-state index in [1.54, 1.807) is 26.0 Å². The summed E-state index contributed by atoms with van der Waals surface area (Å²) in [5, 5.41) is 10.8. The van der Waals surface area contributed by atoms with E-state index in [2.05, 4.69) is 4.90 Å². The minimum Gasteiger partial charge on any atom is -0.466 e. The highest BCUT2D eigenvalue weighted by molar-refractivity contribution is 5.78. The van der Waals surface area contributed by atoms with E-state index in [-0.39, 0.29) is 16.6 Å². The molecule has 1 heterocycles. The van der Waals surface area contributed by atoms with E-state index < -0.39 is 5.41 Å². The minimum atomic E-state index is -0.508. The number of carbonyl (C=O) groups is 1. The number of esters is 1. The molecule has 6 nitrogen and oxygen atoms in total. The summed E-state index contributed by atoms with van der Waals surface area (Å²) in [6.07, 6.45) is 0.724. The van der Waals surface area contributed by atoms with Gasteiger partial charge in [0.15, 0.2) is 0 Å². The van der Waals surface area contributed by atoms with Crippen LogP contribution in [-0.2, 0) is 9.53 Å². The largest absolute Gasteiger partial charge is 0.466 e. The highest BCUT2D eigenvalue weighted by Crippen LogP contribution is 2.35. The molecule has 0 saturated carbocycles. The first-order valence-corrected chi connectivity index (χ1v) is 7.04. The molecule has 0 radical (unpaired) electrons. The Kier molecular flexibility index (Phi) is 4.16. The van der Waals surface area contributed by atoms with Crippen LogP contribution in [0.5, 0.6) is 0 Å². The lowest BCUT2D eigenvalue weighted by molar-refractivity contribution is -0.385. The fraction of sp³-hybridized carbons (Fsp3) is 0.533. The van der Waals surface area contributed by atoms with Crippen molar-refractivity contribution in [3.05, 3.63) is 33.9 Å². The average Bonchev–Trinajstić information content (AvgIpc) is 2.82. The van der Waals surface area contributed by atoms with Gasteiger partial charge in [0.05, 0.1) is 16.9 Å². The summed E-state index contributed by atoms with van der Waals surface area (Å²) in [4.78, 5) is 24.6. The molecule has 1 fully saturated rings. The molecule has 2 rings (SSSR count). The van der Waals surface area contributed by atoms with Crippen LogP contribution in [0.25, 0.3) is 0 Å². The van der Waals surface area contributed by atoms with Crippen molar-refractivity contribution in [2.75, 3.05) is 24.6 Å². The molecule has 0 spiro atoms. The van der Waals surface area contributed by atoms with Crippen molar-refractivity contribution in [2.45, 2.75) is 27.2 Å². The number of nitro benzene ring substituents is 1. The van der Waals surface area contributed by atoms with Gasteiger partial charge in [-0.1, -0.05) is 0 Å². The van der Waals surface area contributed by atoms with E-state index in [0.29, 0.717) is 18.7 Å². The molecule has 0 N–H and O–H groups in total. The van der Waals surface area contributed by atoms with Crippen LogP contribution in [0.15, 0.2) is 18.2 Å². The lowest BCUT2D eigenvalue weighted by Crippen LogP contribution is -2.33. The fourth-order valence-electron chi connectivity index (χ4n) is 2.69. The molecule has 0 aliphatic carbocycles. The van der Waals surface area contributed by atoms with Gasteiger partial charge < -0.3 is 9.64 Å². The van der Waals surface area contributed by atoms with Crippen molar-refractivity contribution in [3.8, 4) is 0 Å². The van der Waals surface area contributed by atoms with E-state index in [1.807, 2.05) is 6.92 Å². The fourth-order valence-corrected chi connectivity index (χ4v) is 2.69. The highest BCUT2D eigenvalue weighted by atomic mass is 16.6. The molecule has 1 aromatic rings. The van der Waals surface area contributed by atoms with E-state index >= 15 is 0 Å². The van der Waals surface area contributed by atoms with E-state index in [0.717, 1.165) is 18.7 Å². The first kappa shape index (κ1) is 15.3. The van der Waals surface area contributed by atoms with Gasteiger partial charge in [-0.25, -0.2) is 0 Å². The third kappa shape index (κ3) is 2.99. The van der Waals surface area contributed by atoms with Crippen molar-refractivity contribution in [2.24, 2.45) is 5.41 Å². The third-order valence-corrected chi connectivity index (χ3v) is 3.98. The van der Waals surface area contributed by atoms with Crippen LogP contribution in [0.4, 0.5) is 11.4 Å². The maximum Gasteiger partial charge on any atom is 0.313 e. The Labute approximate surface area is 123 Å². The predicted molar refractivity (Wildman–Crippen MR) is 79.4 cm³/mol. The van der Waals surface area contributed by atoms with Crippen LogP contribution in [-0.4, -0.2) is 30.6 Å². The summed E-state index contributed by atoms with van der Waals surface area (Å²) < 4.78 is 5.13. The molecule has 21 heavy (non-hydrogen) atoms. The third-order valence-electron chi connectivity index (χ3n) is 3.98. The van der Waals surface area contributed by atoms with Crippen molar-refractivity contribution in [1.29, 1.82) is 0 Å². The van der Waals surface area contributed by atoms with E-state index in [9.17, 15) is 14.9 Å². The Balaban J connectivity index is 2.16. The van der Waals surface area contributed by atoms with E-state index in [4.69, 9.17) is 4.74 Å². The molecule has 0 aromatic heterocycles. The average molecular weight is 292 g/mol. The molecule has 1 unspecified atom stereocenters. The Morgan fingerprint density at radius 1 is 1.52 bits per heavy atom. The molecule has 1 aliphatic heterocycles. The lowest BCUT2D eigenvalue weighted by atomic mass is 9.90. The maximum absolute atomic E-state index is 12.0. The molecule has 6 heteroatoms. The van der Waals surface area contributed by atoms with Crippen molar-refractivity contribution in [1.82, 2.24) is 0 Å². The highest BCUT2D eigenvalue weighted by Gasteiger charge is 2.41. The van der Waals surface area contributed by atoms with Crippen LogP contribution in [0.1, 0.15) is 25.8 Å². The summed E-state index contributed by atoms with van der Waals surface area (Å²) in [6, 6.07) is 5.06. The monoisotopic (exact) mass is 292 g/mol. The number of ether oxygens (including phenoxy) is 1. The number of rotatable bonds is 4. The number of benzene rings is 1.